The molecule has 0 aliphatic heterocycles. The van der Waals surface area contributed by atoms with E-state index in [4.69, 9.17) is 5.73 Å². The van der Waals surface area contributed by atoms with Gasteiger partial charge >= 0.3 is 0 Å². The maximum atomic E-state index is 10.6. The van der Waals surface area contributed by atoms with Crippen molar-refractivity contribution < 1.29 is 4.79 Å². The van der Waals surface area contributed by atoms with Crippen molar-refractivity contribution in [1.29, 1.82) is 0 Å². The number of hydrogen-bond donors (Lipinski definition) is 1. The quantitative estimate of drug-likeness (QED) is 0.518. The number of primary amides is 1. The zero-order chi connectivity index (χ0) is 5.78. The van der Waals surface area contributed by atoms with Crippen LogP contribution in [0, 0.1) is 11.3 Å². The van der Waals surface area contributed by atoms with Gasteiger partial charge in [-0.05, 0) is 25.2 Å². The molecule has 0 unspecified atom stereocenters. The summed E-state index contributed by atoms with van der Waals surface area (Å²) in [6, 6.07) is 0. The SMILES string of the molecule is NC(=O)C12CC(C1)C2. The van der Waals surface area contributed by atoms with Crippen LogP contribution in [0.15, 0.2) is 0 Å². The Kier molecular flexibility index (Phi) is 0.504. The van der Waals surface area contributed by atoms with Crippen LogP contribution in [0.4, 0.5) is 0 Å². The summed E-state index contributed by atoms with van der Waals surface area (Å²) in [5, 5.41) is 0. The molecule has 0 heterocycles. The molecule has 0 saturated heterocycles. The van der Waals surface area contributed by atoms with Crippen molar-refractivity contribution in [3.05, 3.63) is 0 Å². The van der Waals surface area contributed by atoms with Crippen molar-refractivity contribution in [3.63, 3.8) is 0 Å². The first-order chi connectivity index (χ1) is 3.73. The van der Waals surface area contributed by atoms with Crippen molar-refractivity contribution in [3.8, 4) is 0 Å². The van der Waals surface area contributed by atoms with Gasteiger partial charge in [0, 0.05) is 5.41 Å². The molecule has 0 spiro atoms. The second kappa shape index (κ2) is 0.925. The molecular formula is C6H9NO. The number of carbonyl (C=O) groups is 1. The van der Waals surface area contributed by atoms with E-state index >= 15 is 0 Å². The minimum absolute atomic E-state index is 0.00463. The lowest BCUT2D eigenvalue weighted by Crippen LogP contribution is -2.59. The summed E-state index contributed by atoms with van der Waals surface area (Å²) in [7, 11) is 0. The number of amides is 1. The van der Waals surface area contributed by atoms with Crippen molar-refractivity contribution >= 4 is 5.91 Å². The van der Waals surface area contributed by atoms with Crippen LogP contribution in [0.3, 0.4) is 0 Å². The molecule has 3 rings (SSSR count). The molecule has 0 aromatic carbocycles. The molecule has 2 bridgehead atoms. The monoisotopic (exact) mass is 111 g/mol. The van der Waals surface area contributed by atoms with E-state index in [0.29, 0.717) is 0 Å². The van der Waals surface area contributed by atoms with Crippen LogP contribution < -0.4 is 5.73 Å². The van der Waals surface area contributed by atoms with Gasteiger partial charge in [0.1, 0.15) is 0 Å². The van der Waals surface area contributed by atoms with Gasteiger partial charge in [0.25, 0.3) is 0 Å². The molecular weight excluding hydrogens is 102 g/mol. The molecule has 2 nitrogen and oxygen atoms in total. The number of nitrogens with two attached hydrogens (primary N) is 1. The van der Waals surface area contributed by atoms with Crippen LogP contribution in [0.1, 0.15) is 19.3 Å². The fourth-order valence-electron chi connectivity index (χ4n) is 1.78. The first kappa shape index (κ1) is 4.36. The lowest BCUT2D eigenvalue weighted by atomic mass is 9.44. The summed E-state index contributed by atoms with van der Waals surface area (Å²) in [4.78, 5) is 10.6. The van der Waals surface area contributed by atoms with Crippen LogP contribution in [0.25, 0.3) is 0 Å². The fraction of sp³-hybridized carbons (Fsp3) is 0.833. The Labute approximate surface area is 48.1 Å². The Hall–Kier alpha value is -0.530. The predicted octanol–water partition coefficient (Wildman–Crippen LogP) is 0.272. The third-order valence-corrected chi connectivity index (χ3v) is 2.56. The minimum Gasteiger partial charge on any atom is -0.369 e. The third kappa shape index (κ3) is 0.261. The molecule has 44 valence electrons. The molecule has 0 aromatic rings. The van der Waals surface area contributed by atoms with Crippen molar-refractivity contribution in [2.45, 2.75) is 19.3 Å². The van der Waals surface area contributed by atoms with Crippen LogP contribution in [-0.2, 0) is 4.79 Å². The first-order valence-corrected chi connectivity index (χ1v) is 3.03. The van der Waals surface area contributed by atoms with E-state index in [1.807, 2.05) is 0 Å². The van der Waals surface area contributed by atoms with Crippen LogP contribution in [0.5, 0.6) is 0 Å². The Bertz CT molecular complexity index is 136. The van der Waals surface area contributed by atoms with E-state index < -0.39 is 0 Å². The maximum Gasteiger partial charge on any atom is 0.223 e. The summed E-state index contributed by atoms with van der Waals surface area (Å²) in [6.45, 7) is 0. The summed E-state index contributed by atoms with van der Waals surface area (Å²) in [6.07, 6.45) is 3.26. The Morgan fingerprint density at radius 2 is 2.00 bits per heavy atom. The molecule has 3 saturated carbocycles. The van der Waals surface area contributed by atoms with Gasteiger partial charge in [-0.15, -0.1) is 0 Å². The highest BCUT2D eigenvalue weighted by atomic mass is 16.1. The summed E-state index contributed by atoms with van der Waals surface area (Å²) < 4.78 is 0. The molecule has 0 radical (unpaired) electrons. The van der Waals surface area contributed by atoms with E-state index in [1.165, 1.54) is 0 Å². The standard InChI is InChI=1S/C6H9NO/c7-5(8)6-1-4(2-6)3-6/h4H,1-3H2,(H2,7,8). The minimum atomic E-state index is -0.0694. The van der Waals surface area contributed by atoms with Gasteiger partial charge < -0.3 is 5.73 Å². The van der Waals surface area contributed by atoms with Gasteiger partial charge in [-0.2, -0.15) is 0 Å². The van der Waals surface area contributed by atoms with E-state index in [1.54, 1.807) is 0 Å². The predicted molar refractivity (Wildman–Crippen MR) is 29.0 cm³/mol. The first-order valence-electron chi connectivity index (χ1n) is 3.03. The van der Waals surface area contributed by atoms with E-state index in [0.717, 1.165) is 25.2 Å². The molecule has 0 atom stereocenters. The van der Waals surface area contributed by atoms with Gasteiger partial charge in [0.2, 0.25) is 5.91 Å². The van der Waals surface area contributed by atoms with Crippen molar-refractivity contribution in [2.24, 2.45) is 17.1 Å². The van der Waals surface area contributed by atoms with Gasteiger partial charge in [0.05, 0.1) is 0 Å². The summed E-state index contributed by atoms with van der Waals surface area (Å²) in [5.41, 5.74) is 5.14. The lowest BCUT2D eigenvalue weighted by Gasteiger charge is -2.59. The fourth-order valence-corrected chi connectivity index (χ4v) is 1.78. The van der Waals surface area contributed by atoms with E-state index in [2.05, 4.69) is 0 Å². The van der Waals surface area contributed by atoms with Crippen LogP contribution in [0.2, 0.25) is 0 Å². The molecule has 3 aliphatic rings. The van der Waals surface area contributed by atoms with Gasteiger partial charge in [-0.3, -0.25) is 4.79 Å². The number of hydrogen-bond acceptors (Lipinski definition) is 1. The molecule has 2 heteroatoms. The van der Waals surface area contributed by atoms with Crippen LogP contribution >= 0.6 is 0 Å². The van der Waals surface area contributed by atoms with Gasteiger partial charge in [0.15, 0.2) is 0 Å². The molecule has 1 amide bonds. The average molecular weight is 111 g/mol. The van der Waals surface area contributed by atoms with Gasteiger partial charge in [-0.1, -0.05) is 0 Å². The van der Waals surface area contributed by atoms with E-state index in [9.17, 15) is 4.79 Å². The molecule has 3 aliphatic carbocycles. The van der Waals surface area contributed by atoms with Crippen LogP contribution in [-0.4, -0.2) is 5.91 Å². The zero-order valence-electron chi connectivity index (χ0n) is 4.68. The van der Waals surface area contributed by atoms with Crippen molar-refractivity contribution in [1.82, 2.24) is 0 Å². The average Bonchev–Trinajstić information content (AvgIpc) is 1.16. The Morgan fingerprint density at radius 1 is 1.50 bits per heavy atom. The number of carbonyl (C=O) groups excluding carboxylic acids is 1. The third-order valence-electron chi connectivity index (χ3n) is 2.56. The van der Waals surface area contributed by atoms with Crippen molar-refractivity contribution in [2.75, 3.05) is 0 Å². The topological polar surface area (TPSA) is 43.1 Å². The maximum absolute atomic E-state index is 10.6. The normalized spacial score (nSPS) is 49.2. The largest absolute Gasteiger partial charge is 0.369 e. The molecule has 2 N–H and O–H groups in total. The molecule has 3 fully saturated rings. The number of rotatable bonds is 1. The highest BCUT2D eigenvalue weighted by Crippen LogP contribution is 2.63. The summed E-state index contributed by atoms with van der Waals surface area (Å²) >= 11 is 0. The lowest BCUT2D eigenvalue weighted by molar-refractivity contribution is -0.161. The smallest absolute Gasteiger partial charge is 0.223 e. The van der Waals surface area contributed by atoms with Gasteiger partial charge in [-0.25, -0.2) is 0 Å². The van der Waals surface area contributed by atoms with E-state index in [-0.39, 0.29) is 11.3 Å². The summed E-state index contributed by atoms with van der Waals surface area (Å²) in [5.74, 6) is 0.794. The zero-order valence-corrected chi connectivity index (χ0v) is 4.68. The highest BCUT2D eigenvalue weighted by molar-refractivity contribution is 5.83. The Balaban J connectivity index is 2.15. The second-order valence-electron chi connectivity index (χ2n) is 3.12. The highest BCUT2D eigenvalue weighted by Gasteiger charge is 2.60. The molecule has 8 heavy (non-hydrogen) atoms. The Morgan fingerprint density at radius 3 is 2.00 bits per heavy atom. The molecule has 0 aromatic heterocycles. The second-order valence-corrected chi connectivity index (χ2v) is 3.12.